The Labute approximate surface area is 111 Å². The lowest BCUT2D eigenvalue weighted by atomic mass is 10.2. The monoisotopic (exact) mass is 269 g/mol. The molecule has 1 aromatic rings. The molecule has 1 unspecified atom stereocenters. The number of nitrogens with two attached hydrogens (primary N) is 1. The zero-order chi connectivity index (χ0) is 12.3. The summed E-state index contributed by atoms with van der Waals surface area (Å²) in [5.74, 6) is -0.433. The number of carbonyl (C=O) groups is 1. The molecule has 1 aromatic carbocycles. The van der Waals surface area contributed by atoms with Crippen LogP contribution in [0.5, 0.6) is 0 Å². The molecule has 0 aliphatic carbocycles. The van der Waals surface area contributed by atoms with Gasteiger partial charge in [0.15, 0.2) is 0 Å². The summed E-state index contributed by atoms with van der Waals surface area (Å²) >= 11 is 1.63. The third-order valence-corrected chi connectivity index (χ3v) is 3.96. The highest BCUT2D eigenvalue weighted by molar-refractivity contribution is 8.00. The highest BCUT2D eigenvalue weighted by Gasteiger charge is 2.30. The molecule has 0 saturated heterocycles. The third kappa shape index (κ3) is 3.63. The number of hydrogen-bond acceptors (Lipinski definition) is 5. The highest BCUT2D eigenvalue weighted by Crippen LogP contribution is 2.42. The van der Waals surface area contributed by atoms with E-state index in [4.69, 9.17) is 10.5 Å². The quantitative estimate of drug-likeness (QED) is 0.779. The summed E-state index contributed by atoms with van der Waals surface area (Å²) in [7, 11) is 0. The lowest BCUT2D eigenvalue weighted by Gasteiger charge is -2.26. The summed E-state index contributed by atoms with van der Waals surface area (Å²) in [6, 6.07) is 8.08. The molecule has 0 saturated carbocycles. The minimum atomic E-state index is -0.433. The summed E-state index contributed by atoms with van der Waals surface area (Å²) < 4.78 is 5.62. The van der Waals surface area contributed by atoms with Crippen LogP contribution in [0.2, 0.25) is 0 Å². The number of amides is 1. The predicted octanol–water partition coefficient (Wildman–Crippen LogP) is 1.97. The Morgan fingerprint density at radius 2 is 2.28 bits per heavy atom. The van der Waals surface area contributed by atoms with Crippen molar-refractivity contribution < 1.29 is 9.53 Å². The molecule has 0 radical (unpaired) electrons. The molecule has 1 aliphatic rings. The van der Waals surface area contributed by atoms with Crippen LogP contribution in [0.15, 0.2) is 29.2 Å². The van der Waals surface area contributed by atoms with E-state index in [0.717, 1.165) is 23.5 Å². The molecule has 0 fully saturated rings. The van der Waals surface area contributed by atoms with E-state index in [-0.39, 0.29) is 12.8 Å². The van der Waals surface area contributed by atoms with Gasteiger partial charge in [-0.15, -0.1) is 0 Å². The molecule has 2 rings (SSSR count). The average molecular weight is 269 g/mol. The first kappa shape index (κ1) is 14.8. The van der Waals surface area contributed by atoms with Gasteiger partial charge in [-0.25, -0.2) is 0 Å². The Kier molecular flexibility index (Phi) is 5.01. The number of carbonyl (C=O) groups excluding carboxylic acids is 1. The van der Waals surface area contributed by atoms with Gasteiger partial charge in [-0.3, -0.25) is 4.79 Å². The van der Waals surface area contributed by atoms with Crippen molar-refractivity contribution in [3.8, 4) is 0 Å². The normalized spacial score (nSPS) is 22.1. The fraction of sp³-hybridized carbons (Fsp3) is 0.417. The number of hydrogen-bond donors (Lipinski definition) is 3. The first-order valence-corrected chi connectivity index (χ1v) is 6.35. The van der Waals surface area contributed by atoms with E-state index in [1.54, 1.807) is 11.8 Å². The second-order valence-electron chi connectivity index (χ2n) is 4.16. The van der Waals surface area contributed by atoms with E-state index in [1.807, 2.05) is 31.2 Å². The number of fused-ring (bicyclic) bond motifs is 1. The zero-order valence-electron chi connectivity index (χ0n) is 10.4. The SMILES string of the molecule is CC1(OCC(N)=O)CCNc2ccccc2S1.N. The van der Waals surface area contributed by atoms with E-state index in [9.17, 15) is 4.79 Å². The molecule has 18 heavy (non-hydrogen) atoms. The Hall–Kier alpha value is -1.24. The maximum absolute atomic E-state index is 10.8. The van der Waals surface area contributed by atoms with E-state index in [0.29, 0.717) is 0 Å². The fourth-order valence-electron chi connectivity index (χ4n) is 1.73. The molecule has 0 spiro atoms. The Bertz CT molecular complexity index is 428. The van der Waals surface area contributed by atoms with Gasteiger partial charge in [-0.1, -0.05) is 23.9 Å². The number of nitrogens with one attached hydrogen (secondary N) is 1. The molecule has 1 aliphatic heterocycles. The van der Waals surface area contributed by atoms with Gasteiger partial charge in [0.2, 0.25) is 5.91 Å². The van der Waals surface area contributed by atoms with Crippen molar-refractivity contribution >= 4 is 23.4 Å². The smallest absolute Gasteiger partial charge is 0.243 e. The van der Waals surface area contributed by atoms with Crippen LogP contribution in [-0.2, 0) is 9.53 Å². The third-order valence-electron chi connectivity index (χ3n) is 2.63. The van der Waals surface area contributed by atoms with Crippen LogP contribution < -0.4 is 17.2 Å². The van der Waals surface area contributed by atoms with Crippen LogP contribution in [0.4, 0.5) is 5.69 Å². The molecule has 1 heterocycles. The summed E-state index contributed by atoms with van der Waals surface area (Å²) in [5.41, 5.74) is 6.23. The van der Waals surface area contributed by atoms with Crippen molar-refractivity contribution in [2.45, 2.75) is 23.2 Å². The number of thioether (sulfide) groups is 1. The van der Waals surface area contributed by atoms with Crippen molar-refractivity contribution in [1.82, 2.24) is 6.15 Å². The van der Waals surface area contributed by atoms with Crippen molar-refractivity contribution in [3.05, 3.63) is 24.3 Å². The van der Waals surface area contributed by atoms with Gasteiger partial charge in [-0.2, -0.15) is 0 Å². The molecule has 6 N–H and O–H groups in total. The van der Waals surface area contributed by atoms with Crippen LogP contribution in [0.25, 0.3) is 0 Å². The summed E-state index contributed by atoms with van der Waals surface area (Å²) in [6.45, 7) is 2.77. The molecule has 6 heteroatoms. The van der Waals surface area contributed by atoms with Gasteiger partial charge in [-0.05, 0) is 19.1 Å². The van der Waals surface area contributed by atoms with Crippen molar-refractivity contribution in [2.75, 3.05) is 18.5 Å². The predicted molar refractivity (Wildman–Crippen MR) is 74.0 cm³/mol. The number of para-hydroxylation sites is 1. The van der Waals surface area contributed by atoms with Gasteiger partial charge < -0.3 is 21.9 Å². The Morgan fingerprint density at radius 3 is 3.00 bits per heavy atom. The van der Waals surface area contributed by atoms with E-state index in [2.05, 4.69) is 5.32 Å². The van der Waals surface area contributed by atoms with Crippen LogP contribution in [0, 0.1) is 0 Å². The lowest BCUT2D eigenvalue weighted by molar-refractivity contribution is -0.125. The summed E-state index contributed by atoms with van der Waals surface area (Å²) in [4.78, 5) is 11.5. The first-order valence-electron chi connectivity index (χ1n) is 5.53. The molecule has 1 atom stereocenters. The van der Waals surface area contributed by atoms with Crippen LogP contribution >= 0.6 is 11.8 Å². The lowest BCUT2D eigenvalue weighted by Crippen LogP contribution is -2.31. The van der Waals surface area contributed by atoms with Gasteiger partial charge in [0, 0.05) is 23.5 Å². The number of rotatable bonds is 3. The van der Waals surface area contributed by atoms with Crippen molar-refractivity contribution in [2.24, 2.45) is 5.73 Å². The maximum Gasteiger partial charge on any atom is 0.243 e. The number of benzene rings is 1. The maximum atomic E-state index is 10.8. The molecule has 0 aromatic heterocycles. The van der Waals surface area contributed by atoms with Gasteiger partial charge >= 0.3 is 0 Å². The van der Waals surface area contributed by atoms with Crippen LogP contribution in [0.1, 0.15) is 13.3 Å². The molecule has 0 bridgehead atoms. The fourth-order valence-corrected chi connectivity index (χ4v) is 2.92. The number of primary amides is 1. The second kappa shape index (κ2) is 6.08. The number of anilines is 1. The van der Waals surface area contributed by atoms with E-state index < -0.39 is 10.8 Å². The van der Waals surface area contributed by atoms with Gasteiger partial charge in [0.1, 0.15) is 11.5 Å². The Balaban J connectivity index is 0.00000162. The zero-order valence-corrected chi connectivity index (χ0v) is 11.3. The van der Waals surface area contributed by atoms with Crippen LogP contribution in [-0.4, -0.2) is 24.0 Å². The summed E-state index contributed by atoms with van der Waals surface area (Å²) in [5, 5.41) is 3.35. The van der Waals surface area contributed by atoms with Gasteiger partial charge in [0.05, 0.1) is 0 Å². The molecule has 100 valence electrons. The molecular weight excluding hydrogens is 250 g/mol. The topological polar surface area (TPSA) is 99.3 Å². The van der Waals surface area contributed by atoms with E-state index >= 15 is 0 Å². The number of ether oxygens (including phenoxy) is 1. The molecular formula is C12H19N3O2S. The largest absolute Gasteiger partial charge is 0.384 e. The van der Waals surface area contributed by atoms with Crippen molar-refractivity contribution in [1.29, 1.82) is 0 Å². The van der Waals surface area contributed by atoms with Gasteiger partial charge in [0.25, 0.3) is 0 Å². The minimum Gasteiger partial charge on any atom is -0.384 e. The first-order chi connectivity index (χ1) is 8.09. The molecule has 5 nitrogen and oxygen atoms in total. The van der Waals surface area contributed by atoms with Crippen LogP contribution in [0.3, 0.4) is 0 Å². The summed E-state index contributed by atoms with van der Waals surface area (Å²) in [6.07, 6.45) is 0.819. The highest BCUT2D eigenvalue weighted by atomic mass is 32.2. The second-order valence-corrected chi connectivity index (χ2v) is 5.67. The van der Waals surface area contributed by atoms with E-state index in [1.165, 1.54) is 0 Å². The standard InChI is InChI=1S/C12H16N2O2S.H3N/c1-12(16-8-11(13)15)6-7-14-9-4-2-3-5-10(9)17-12;/h2-5,14H,6-8H2,1H3,(H2,13,15);1H3. The molecule has 1 amide bonds. The average Bonchev–Trinajstić information content (AvgIpc) is 2.45. The van der Waals surface area contributed by atoms with Crippen molar-refractivity contribution in [3.63, 3.8) is 0 Å². The Morgan fingerprint density at radius 1 is 1.56 bits per heavy atom. The minimum absolute atomic E-state index is 0.